The van der Waals surface area contributed by atoms with Crippen LogP contribution < -0.4 is 5.32 Å². The monoisotopic (exact) mass is 279 g/mol. The third-order valence-electron chi connectivity index (χ3n) is 5.11. The van der Waals surface area contributed by atoms with E-state index in [1.807, 2.05) is 0 Å². The average molecular weight is 279 g/mol. The highest BCUT2D eigenvalue weighted by Crippen LogP contribution is 2.37. The molecule has 0 amide bonds. The molecular formula is C16H29N3O. The van der Waals surface area contributed by atoms with Gasteiger partial charge in [0.2, 0.25) is 0 Å². The van der Waals surface area contributed by atoms with Gasteiger partial charge in [0.15, 0.2) is 5.96 Å². The van der Waals surface area contributed by atoms with Crippen LogP contribution in [-0.4, -0.2) is 49.7 Å². The van der Waals surface area contributed by atoms with Crippen LogP contribution in [0, 0.1) is 5.41 Å². The van der Waals surface area contributed by atoms with Gasteiger partial charge in [0, 0.05) is 37.7 Å². The molecule has 2 aliphatic heterocycles. The fourth-order valence-corrected chi connectivity index (χ4v) is 3.74. The first-order valence-corrected chi connectivity index (χ1v) is 8.45. The molecule has 1 aliphatic carbocycles. The largest absolute Gasteiger partial charge is 0.381 e. The normalized spacial score (nSPS) is 32.2. The third-order valence-corrected chi connectivity index (χ3v) is 5.11. The van der Waals surface area contributed by atoms with Gasteiger partial charge in [-0.25, -0.2) is 0 Å². The van der Waals surface area contributed by atoms with E-state index in [1.54, 1.807) is 0 Å². The Bertz CT molecular complexity index is 340. The first-order chi connectivity index (χ1) is 9.81. The Balaban J connectivity index is 1.65. The quantitative estimate of drug-likeness (QED) is 0.623. The summed E-state index contributed by atoms with van der Waals surface area (Å²) < 4.78 is 5.78. The summed E-state index contributed by atoms with van der Waals surface area (Å²) in [6.45, 7) is 7.19. The van der Waals surface area contributed by atoms with Crippen molar-refractivity contribution in [2.24, 2.45) is 10.4 Å². The molecule has 114 valence electrons. The highest BCUT2D eigenvalue weighted by atomic mass is 16.5. The van der Waals surface area contributed by atoms with Gasteiger partial charge in [0.1, 0.15) is 0 Å². The van der Waals surface area contributed by atoms with Crippen LogP contribution in [0.15, 0.2) is 4.99 Å². The van der Waals surface area contributed by atoms with Crippen molar-refractivity contribution in [3.8, 4) is 0 Å². The average Bonchev–Trinajstić information content (AvgIpc) is 2.42. The summed E-state index contributed by atoms with van der Waals surface area (Å²) in [5.41, 5.74) is 0.395. The highest BCUT2D eigenvalue weighted by molar-refractivity contribution is 5.80. The standard InChI is InChI=1S/C16H29N3O/c1-2-17-15(18-14-6-3-7-14)19-10-4-8-16(12-19)9-5-11-20-13-16/h14H,2-13H2,1H3,(H,17,18). The van der Waals surface area contributed by atoms with Gasteiger partial charge in [0.05, 0.1) is 6.61 Å². The SMILES string of the molecule is CCN=C(NC1CCC1)N1CCCC2(CCCOC2)C1. The molecular weight excluding hydrogens is 250 g/mol. The summed E-state index contributed by atoms with van der Waals surface area (Å²) in [6, 6.07) is 0.667. The molecule has 20 heavy (non-hydrogen) atoms. The lowest BCUT2D eigenvalue weighted by atomic mass is 9.76. The van der Waals surface area contributed by atoms with E-state index in [-0.39, 0.29) is 0 Å². The van der Waals surface area contributed by atoms with E-state index in [0.29, 0.717) is 11.5 Å². The summed E-state index contributed by atoms with van der Waals surface area (Å²) in [4.78, 5) is 7.24. The van der Waals surface area contributed by atoms with Gasteiger partial charge in [-0.15, -0.1) is 0 Å². The Morgan fingerprint density at radius 2 is 2.15 bits per heavy atom. The molecule has 0 aromatic rings. The van der Waals surface area contributed by atoms with Crippen molar-refractivity contribution in [1.82, 2.24) is 10.2 Å². The van der Waals surface area contributed by atoms with Gasteiger partial charge in [-0.05, 0) is 51.9 Å². The van der Waals surface area contributed by atoms with Crippen LogP contribution in [0.5, 0.6) is 0 Å². The molecule has 3 aliphatic rings. The molecule has 0 aromatic carbocycles. The maximum Gasteiger partial charge on any atom is 0.194 e. The molecule has 3 fully saturated rings. The lowest BCUT2D eigenvalue weighted by molar-refractivity contribution is -0.0372. The van der Waals surface area contributed by atoms with Crippen molar-refractivity contribution in [2.45, 2.75) is 57.9 Å². The minimum atomic E-state index is 0.395. The first kappa shape index (κ1) is 14.2. The van der Waals surface area contributed by atoms with Crippen molar-refractivity contribution in [3.63, 3.8) is 0 Å². The number of nitrogens with zero attached hydrogens (tertiary/aromatic N) is 2. The van der Waals surface area contributed by atoms with Crippen LogP contribution in [0.1, 0.15) is 51.9 Å². The van der Waals surface area contributed by atoms with Crippen molar-refractivity contribution in [2.75, 3.05) is 32.8 Å². The Hall–Kier alpha value is -0.770. The zero-order chi connectivity index (χ0) is 13.8. The molecule has 1 atom stereocenters. The molecule has 0 aromatic heterocycles. The molecule has 4 nitrogen and oxygen atoms in total. The third kappa shape index (κ3) is 3.11. The summed E-state index contributed by atoms with van der Waals surface area (Å²) in [7, 11) is 0. The second kappa shape index (κ2) is 6.33. The maximum absolute atomic E-state index is 5.78. The van der Waals surface area contributed by atoms with Gasteiger partial charge in [-0.2, -0.15) is 0 Å². The van der Waals surface area contributed by atoms with Gasteiger partial charge in [-0.3, -0.25) is 4.99 Å². The van der Waals surface area contributed by atoms with E-state index in [4.69, 9.17) is 9.73 Å². The molecule has 1 unspecified atom stereocenters. The number of piperidine rings is 1. The number of guanidine groups is 1. The lowest BCUT2D eigenvalue weighted by Gasteiger charge is -2.46. The van der Waals surface area contributed by atoms with Gasteiger partial charge in [-0.1, -0.05) is 0 Å². The van der Waals surface area contributed by atoms with Crippen LogP contribution in [-0.2, 0) is 4.74 Å². The molecule has 1 spiro atoms. The summed E-state index contributed by atoms with van der Waals surface area (Å²) in [5.74, 6) is 1.15. The van der Waals surface area contributed by atoms with Crippen molar-refractivity contribution in [3.05, 3.63) is 0 Å². The number of ether oxygens (including phenoxy) is 1. The lowest BCUT2D eigenvalue weighted by Crippen LogP contribution is -2.55. The van der Waals surface area contributed by atoms with Crippen molar-refractivity contribution in [1.29, 1.82) is 0 Å². The van der Waals surface area contributed by atoms with E-state index in [9.17, 15) is 0 Å². The second-order valence-corrected chi connectivity index (χ2v) is 6.75. The van der Waals surface area contributed by atoms with Gasteiger partial charge in [0.25, 0.3) is 0 Å². The molecule has 0 radical (unpaired) electrons. The first-order valence-electron chi connectivity index (χ1n) is 8.45. The van der Waals surface area contributed by atoms with Crippen LogP contribution in [0.2, 0.25) is 0 Å². The maximum atomic E-state index is 5.78. The van der Waals surface area contributed by atoms with Gasteiger partial charge < -0.3 is 15.0 Å². The van der Waals surface area contributed by atoms with Crippen LogP contribution in [0.3, 0.4) is 0 Å². The number of likely N-dealkylation sites (tertiary alicyclic amines) is 1. The predicted octanol–water partition coefficient (Wildman–Crippen LogP) is 2.40. The molecule has 4 heteroatoms. The molecule has 3 rings (SSSR count). The Morgan fingerprint density at radius 1 is 1.30 bits per heavy atom. The molecule has 0 bridgehead atoms. The van der Waals surface area contributed by atoms with E-state index < -0.39 is 0 Å². The summed E-state index contributed by atoms with van der Waals surface area (Å²) >= 11 is 0. The van der Waals surface area contributed by atoms with E-state index in [0.717, 1.165) is 38.8 Å². The van der Waals surface area contributed by atoms with Crippen LogP contribution >= 0.6 is 0 Å². The van der Waals surface area contributed by atoms with Crippen LogP contribution in [0.25, 0.3) is 0 Å². The number of hydrogen-bond donors (Lipinski definition) is 1. The predicted molar refractivity (Wildman–Crippen MR) is 82.0 cm³/mol. The van der Waals surface area contributed by atoms with Crippen molar-refractivity contribution < 1.29 is 4.74 Å². The minimum Gasteiger partial charge on any atom is -0.381 e. The minimum absolute atomic E-state index is 0.395. The Labute approximate surface area is 123 Å². The Kier molecular flexibility index (Phi) is 4.49. The Morgan fingerprint density at radius 3 is 2.80 bits per heavy atom. The fraction of sp³-hybridized carbons (Fsp3) is 0.938. The van der Waals surface area contributed by atoms with Gasteiger partial charge >= 0.3 is 0 Å². The zero-order valence-electron chi connectivity index (χ0n) is 12.9. The van der Waals surface area contributed by atoms with Crippen molar-refractivity contribution >= 4 is 5.96 Å². The van der Waals surface area contributed by atoms with Crippen LogP contribution in [0.4, 0.5) is 0 Å². The number of hydrogen-bond acceptors (Lipinski definition) is 2. The zero-order valence-corrected chi connectivity index (χ0v) is 12.9. The molecule has 2 heterocycles. The summed E-state index contributed by atoms with van der Waals surface area (Å²) in [5, 5.41) is 3.68. The second-order valence-electron chi connectivity index (χ2n) is 6.75. The number of nitrogens with one attached hydrogen (secondary N) is 1. The molecule has 2 saturated heterocycles. The molecule has 1 saturated carbocycles. The fourth-order valence-electron chi connectivity index (χ4n) is 3.74. The smallest absolute Gasteiger partial charge is 0.194 e. The van der Waals surface area contributed by atoms with E-state index >= 15 is 0 Å². The number of aliphatic imine (C=N–C) groups is 1. The number of rotatable bonds is 2. The summed E-state index contributed by atoms with van der Waals surface area (Å²) in [6.07, 6.45) is 9.14. The topological polar surface area (TPSA) is 36.9 Å². The highest BCUT2D eigenvalue weighted by Gasteiger charge is 2.38. The van der Waals surface area contributed by atoms with E-state index in [1.165, 1.54) is 44.9 Å². The van der Waals surface area contributed by atoms with E-state index in [2.05, 4.69) is 17.1 Å². The molecule has 1 N–H and O–H groups in total.